The van der Waals surface area contributed by atoms with Crippen LogP contribution in [0, 0.1) is 0 Å². The van der Waals surface area contributed by atoms with Crippen LogP contribution in [0.25, 0.3) is 0 Å². The van der Waals surface area contributed by atoms with E-state index in [2.05, 4.69) is 35.0 Å². The van der Waals surface area contributed by atoms with E-state index in [1.165, 1.54) is 4.88 Å². The van der Waals surface area contributed by atoms with Gasteiger partial charge in [-0.3, -0.25) is 4.79 Å². The fraction of sp³-hybridized carbons (Fsp3) is 0.476. The molecular weight excluding hydrogens is 344 g/mol. The number of carbonyl (C=O) groups excluding carboxylic acids is 1. The molecule has 1 fully saturated rings. The van der Waals surface area contributed by atoms with Crippen LogP contribution in [-0.2, 0) is 16.1 Å². The van der Waals surface area contributed by atoms with E-state index >= 15 is 0 Å². The molecular formula is C21H28N2O2S. The topological polar surface area (TPSA) is 41.6 Å². The molecule has 1 aromatic carbocycles. The molecule has 1 saturated heterocycles. The summed E-state index contributed by atoms with van der Waals surface area (Å²) in [5.41, 5.74) is 2.12. The lowest BCUT2D eigenvalue weighted by atomic mass is 10.1. The van der Waals surface area contributed by atoms with Crippen molar-refractivity contribution in [1.29, 1.82) is 0 Å². The summed E-state index contributed by atoms with van der Waals surface area (Å²) in [7, 11) is 1.97. The average Bonchev–Trinajstić information content (AvgIpc) is 3.11. The standard InChI is InChI=1S/C21H28N2O2S/c1-22-12-11-19(20-9-6-14-26-20)25-16-17-7-5-8-18(15-17)23-13-4-2-3-10-21(23)24/h5-9,14-15,19,22H,2-4,10-13,16H2,1H3. The maximum absolute atomic E-state index is 12.4. The van der Waals surface area contributed by atoms with Gasteiger partial charge in [0.25, 0.3) is 0 Å². The van der Waals surface area contributed by atoms with Gasteiger partial charge in [-0.2, -0.15) is 0 Å². The number of ether oxygens (including phenoxy) is 1. The molecule has 2 heterocycles. The largest absolute Gasteiger partial charge is 0.368 e. The van der Waals surface area contributed by atoms with Crippen molar-refractivity contribution in [1.82, 2.24) is 5.32 Å². The first-order valence-corrected chi connectivity index (χ1v) is 10.3. The van der Waals surface area contributed by atoms with Crippen LogP contribution in [0.3, 0.4) is 0 Å². The van der Waals surface area contributed by atoms with Gasteiger partial charge < -0.3 is 15.0 Å². The number of nitrogens with one attached hydrogen (secondary N) is 1. The Morgan fingerprint density at radius 2 is 2.15 bits per heavy atom. The Hall–Kier alpha value is -1.69. The molecule has 0 radical (unpaired) electrons. The van der Waals surface area contributed by atoms with Gasteiger partial charge in [0.15, 0.2) is 0 Å². The zero-order valence-corrected chi connectivity index (χ0v) is 16.3. The highest BCUT2D eigenvalue weighted by atomic mass is 32.1. The molecule has 2 aromatic rings. The van der Waals surface area contributed by atoms with Gasteiger partial charge in [0.2, 0.25) is 5.91 Å². The minimum atomic E-state index is 0.103. The number of thiophene rings is 1. The molecule has 1 aliphatic heterocycles. The van der Waals surface area contributed by atoms with E-state index in [-0.39, 0.29) is 12.0 Å². The smallest absolute Gasteiger partial charge is 0.226 e. The first kappa shape index (κ1) is 19.1. The van der Waals surface area contributed by atoms with Crippen molar-refractivity contribution in [2.24, 2.45) is 0 Å². The molecule has 3 rings (SSSR count). The lowest BCUT2D eigenvalue weighted by Crippen LogP contribution is -2.30. The highest BCUT2D eigenvalue weighted by molar-refractivity contribution is 7.10. The summed E-state index contributed by atoms with van der Waals surface area (Å²) in [4.78, 5) is 15.6. The van der Waals surface area contributed by atoms with Crippen LogP contribution in [0.2, 0.25) is 0 Å². The zero-order valence-electron chi connectivity index (χ0n) is 15.4. The van der Waals surface area contributed by atoms with Crippen molar-refractivity contribution in [3.8, 4) is 0 Å². The third kappa shape index (κ3) is 5.16. The zero-order chi connectivity index (χ0) is 18.2. The molecule has 1 unspecified atom stereocenters. The van der Waals surface area contributed by atoms with Crippen LogP contribution in [0.5, 0.6) is 0 Å². The molecule has 0 aliphatic carbocycles. The number of rotatable bonds is 8. The highest BCUT2D eigenvalue weighted by Crippen LogP contribution is 2.28. The third-order valence-corrected chi connectivity index (χ3v) is 5.73. The quantitative estimate of drug-likeness (QED) is 0.741. The van der Waals surface area contributed by atoms with Crippen LogP contribution < -0.4 is 10.2 Å². The molecule has 1 N–H and O–H groups in total. The minimum Gasteiger partial charge on any atom is -0.368 e. The summed E-state index contributed by atoms with van der Waals surface area (Å²) in [5, 5.41) is 5.30. The van der Waals surface area contributed by atoms with E-state index in [4.69, 9.17) is 4.74 Å². The number of benzene rings is 1. The second kappa shape index (κ2) is 9.86. The summed E-state index contributed by atoms with van der Waals surface area (Å²) >= 11 is 1.74. The lowest BCUT2D eigenvalue weighted by molar-refractivity contribution is -0.118. The summed E-state index contributed by atoms with van der Waals surface area (Å²) in [5.74, 6) is 0.242. The molecule has 26 heavy (non-hydrogen) atoms. The van der Waals surface area contributed by atoms with Crippen molar-refractivity contribution in [2.45, 2.75) is 44.8 Å². The molecule has 1 amide bonds. The van der Waals surface area contributed by atoms with Crippen LogP contribution in [0.1, 0.15) is 48.6 Å². The summed E-state index contributed by atoms with van der Waals surface area (Å²) in [6.45, 7) is 2.30. The van der Waals surface area contributed by atoms with Gasteiger partial charge >= 0.3 is 0 Å². The first-order valence-electron chi connectivity index (χ1n) is 9.47. The summed E-state index contributed by atoms with van der Waals surface area (Å²) in [6, 6.07) is 12.4. The van der Waals surface area contributed by atoms with Crippen LogP contribution >= 0.6 is 11.3 Å². The summed E-state index contributed by atoms with van der Waals surface area (Å²) < 4.78 is 6.24. The minimum absolute atomic E-state index is 0.103. The lowest BCUT2D eigenvalue weighted by Gasteiger charge is -2.22. The molecule has 5 heteroatoms. The molecule has 4 nitrogen and oxygen atoms in total. The number of nitrogens with zero attached hydrogens (tertiary/aromatic N) is 1. The van der Waals surface area contributed by atoms with E-state index in [0.29, 0.717) is 13.0 Å². The van der Waals surface area contributed by atoms with Gasteiger partial charge in [0.1, 0.15) is 0 Å². The molecule has 1 aromatic heterocycles. The van der Waals surface area contributed by atoms with Gasteiger partial charge in [-0.05, 0) is 62.0 Å². The van der Waals surface area contributed by atoms with Crippen molar-refractivity contribution < 1.29 is 9.53 Å². The van der Waals surface area contributed by atoms with E-state index in [9.17, 15) is 4.79 Å². The number of hydrogen-bond acceptors (Lipinski definition) is 4. The molecule has 0 bridgehead atoms. The Kier molecular flexibility index (Phi) is 7.23. The van der Waals surface area contributed by atoms with E-state index in [1.54, 1.807) is 11.3 Å². The van der Waals surface area contributed by atoms with E-state index < -0.39 is 0 Å². The SMILES string of the molecule is CNCCC(OCc1cccc(N2CCCCCC2=O)c1)c1cccs1. The Morgan fingerprint density at radius 1 is 1.23 bits per heavy atom. The van der Waals surface area contributed by atoms with Crippen LogP contribution in [-0.4, -0.2) is 26.0 Å². The molecule has 1 atom stereocenters. The maximum atomic E-state index is 12.4. The van der Waals surface area contributed by atoms with Crippen molar-refractivity contribution >= 4 is 22.9 Å². The van der Waals surface area contributed by atoms with Crippen molar-refractivity contribution in [3.05, 3.63) is 52.2 Å². The molecule has 140 valence electrons. The van der Waals surface area contributed by atoms with Crippen molar-refractivity contribution in [2.75, 3.05) is 25.0 Å². The Balaban J connectivity index is 1.66. The normalized spacial score (nSPS) is 16.5. The Bertz CT molecular complexity index is 687. The monoisotopic (exact) mass is 372 g/mol. The Morgan fingerprint density at radius 3 is 2.96 bits per heavy atom. The second-order valence-corrected chi connectivity index (χ2v) is 7.71. The molecule has 0 saturated carbocycles. The Labute approximate surface area is 160 Å². The molecule has 1 aliphatic rings. The number of anilines is 1. The fourth-order valence-corrected chi connectivity index (χ4v) is 4.13. The first-order chi connectivity index (χ1) is 12.8. The molecule has 0 spiro atoms. The summed E-state index contributed by atoms with van der Waals surface area (Å²) in [6.07, 6.45) is 4.93. The van der Waals surface area contributed by atoms with Gasteiger partial charge in [-0.15, -0.1) is 11.3 Å². The third-order valence-electron chi connectivity index (χ3n) is 4.76. The fourth-order valence-electron chi connectivity index (χ4n) is 3.32. The predicted octanol–water partition coefficient (Wildman–Crippen LogP) is 4.52. The number of amides is 1. The van der Waals surface area contributed by atoms with Gasteiger partial charge in [0, 0.05) is 23.5 Å². The van der Waals surface area contributed by atoms with Crippen LogP contribution in [0.4, 0.5) is 5.69 Å². The van der Waals surface area contributed by atoms with Crippen LogP contribution in [0.15, 0.2) is 41.8 Å². The van der Waals surface area contributed by atoms with Crippen molar-refractivity contribution in [3.63, 3.8) is 0 Å². The average molecular weight is 373 g/mol. The number of hydrogen-bond donors (Lipinski definition) is 1. The van der Waals surface area contributed by atoms with Gasteiger partial charge in [-0.1, -0.05) is 24.6 Å². The van der Waals surface area contributed by atoms with Gasteiger partial charge in [-0.25, -0.2) is 0 Å². The van der Waals surface area contributed by atoms with E-state index in [0.717, 1.165) is 50.0 Å². The predicted molar refractivity (Wildman–Crippen MR) is 108 cm³/mol. The van der Waals surface area contributed by atoms with E-state index in [1.807, 2.05) is 24.1 Å². The highest BCUT2D eigenvalue weighted by Gasteiger charge is 2.19. The van der Waals surface area contributed by atoms with Gasteiger partial charge in [0.05, 0.1) is 12.7 Å². The number of carbonyl (C=O) groups is 1. The second-order valence-electron chi connectivity index (χ2n) is 6.73. The maximum Gasteiger partial charge on any atom is 0.226 e.